The average molecular weight is 336 g/mol. The minimum Gasteiger partial charge on any atom is -0.454 e. The van der Waals surface area contributed by atoms with Gasteiger partial charge in [-0.15, -0.1) is 0 Å². The number of ether oxygens (including phenoxy) is 2. The molecule has 0 atom stereocenters. The predicted octanol–water partition coefficient (Wildman–Crippen LogP) is 3.45. The Morgan fingerprint density at radius 1 is 1.20 bits per heavy atom. The van der Waals surface area contributed by atoms with Gasteiger partial charge in [-0.05, 0) is 54.8 Å². The van der Waals surface area contributed by atoms with E-state index in [9.17, 15) is 4.79 Å². The summed E-state index contributed by atoms with van der Waals surface area (Å²) >= 11 is 0. The highest BCUT2D eigenvalue weighted by Crippen LogP contribution is 2.33. The minimum atomic E-state index is -0.154. The van der Waals surface area contributed by atoms with Crippen LogP contribution in [-0.2, 0) is 11.2 Å². The standard InChI is InChI=1S/C20H20N2O3/c1-2-22-10-9-15-5-6-16(12-17(15)22)21-20(23)8-4-14-3-7-18-19(11-14)25-13-24-18/h3-8,11-12H,2,9-10,13H2,1H3,(H,21,23)/b8-4+. The van der Waals surface area contributed by atoms with Crippen LogP contribution in [0.1, 0.15) is 18.1 Å². The number of carbonyl (C=O) groups is 1. The molecule has 128 valence electrons. The van der Waals surface area contributed by atoms with Crippen LogP contribution in [0.5, 0.6) is 11.5 Å². The van der Waals surface area contributed by atoms with Crippen LogP contribution in [0.4, 0.5) is 11.4 Å². The number of benzene rings is 2. The molecular weight excluding hydrogens is 316 g/mol. The van der Waals surface area contributed by atoms with Crippen molar-refractivity contribution in [3.05, 3.63) is 53.6 Å². The summed E-state index contributed by atoms with van der Waals surface area (Å²) in [7, 11) is 0. The smallest absolute Gasteiger partial charge is 0.248 e. The Morgan fingerprint density at radius 2 is 2.08 bits per heavy atom. The lowest BCUT2D eigenvalue weighted by atomic mass is 10.1. The van der Waals surface area contributed by atoms with Gasteiger partial charge in [0.2, 0.25) is 12.7 Å². The quantitative estimate of drug-likeness (QED) is 0.869. The zero-order valence-corrected chi connectivity index (χ0v) is 14.1. The average Bonchev–Trinajstić information content (AvgIpc) is 3.25. The lowest BCUT2D eigenvalue weighted by Crippen LogP contribution is -2.19. The second-order valence-corrected chi connectivity index (χ2v) is 6.11. The fraction of sp³-hybridized carbons (Fsp3) is 0.250. The highest BCUT2D eigenvalue weighted by molar-refractivity contribution is 6.02. The van der Waals surface area contributed by atoms with Crippen molar-refractivity contribution in [1.29, 1.82) is 0 Å². The number of nitrogens with zero attached hydrogens (tertiary/aromatic N) is 1. The third-order valence-electron chi connectivity index (χ3n) is 4.55. The molecule has 5 heteroatoms. The highest BCUT2D eigenvalue weighted by atomic mass is 16.7. The molecule has 1 N–H and O–H groups in total. The molecule has 1 amide bonds. The number of hydrogen-bond donors (Lipinski definition) is 1. The maximum Gasteiger partial charge on any atom is 0.248 e. The van der Waals surface area contributed by atoms with Crippen LogP contribution in [0.2, 0.25) is 0 Å². The van der Waals surface area contributed by atoms with Crippen LogP contribution in [-0.4, -0.2) is 25.8 Å². The van der Waals surface area contributed by atoms with Crippen molar-refractivity contribution in [3.63, 3.8) is 0 Å². The van der Waals surface area contributed by atoms with Crippen molar-refractivity contribution in [2.75, 3.05) is 30.1 Å². The molecule has 0 bridgehead atoms. The Morgan fingerprint density at radius 3 is 2.96 bits per heavy atom. The molecule has 5 nitrogen and oxygen atoms in total. The van der Waals surface area contributed by atoms with Gasteiger partial charge >= 0.3 is 0 Å². The normalized spacial score (nSPS) is 14.8. The molecule has 4 rings (SSSR count). The number of carbonyl (C=O) groups excluding carboxylic acids is 1. The summed E-state index contributed by atoms with van der Waals surface area (Å²) in [6.07, 6.45) is 4.37. The van der Waals surface area contributed by atoms with Crippen molar-refractivity contribution in [1.82, 2.24) is 0 Å². The van der Waals surface area contributed by atoms with Gasteiger partial charge in [-0.1, -0.05) is 12.1 Å². The molecular formula is C20H20N2O3. The SMILES string of the molecule is CCN1CCc2ccc(NC(=O)/C=C/c3ccc4c(c3)OCO4)cc21. The van der Waals surface area contributed by atoms with Crippen LogP contribution in [0.15, 0.2) is 42.5 Å². The second kappa shape index (κ2) is 6.51. The summed E-state index contributed by atoms with van der Waals surface area (Å²) in [5.41, 5.74) is 4.28. The Bertz CT molecular complexity index is 845. The van der Waals surface area contributed by atoms with Crippen LogP contribution in [0, 0.1) is 0 Å². The van der Waals surface area contributed by atoms with E-state index in [0.717, 1.165) is 36.5 Å². The van der Waals surface area contributed by atoms with Crippen molar-refractivity contribution in [3.8, 4) is 11.5 Å². The molecule has 2 aliphatic heterocycles. The summed E-state index contributed by atoms with van der Waals surface area (Å²) in [6.45, 7) is 4.42. The van der Waals surface area contributed by atoms with Crippen molar-refractivity contribution in [2.24, 2.45) is 0 Å². The summed E-state index contributed by atoms with van der Waals surface area (Å²) in [6, 6.07) is 11.7. The summed E-state index contributed by atoms with van der Waals surface area (Å²) in [4.78, 5) is 14.5. The van der Waals surface area contributed by atoms with Gasteiger partial charge in [-0.2, -0.15) is 0 Å². The first-order valence-corrected chi connectivity index (χ1v) is 8.49. The van der Waals surface area contributed by atoms with Gasteiger partial charge in [-0.3, -0.25) is 4.79 Å². The van der Waals surface area contributed by atoms with E-state index in [-0.39, 0.29) is 12.7 Å². The van der Waals surface area contributed by atoms with Gasteiger partial charge in [0.05, 0.1) is 0 Å². The lowest BCUT2D eigenvalue weighted by molar-refractivity contribution is -0.111. The third kappa shape index (κ3) is 3.18. The molecule has 0 radical (unpaired) electrons. The molecule has 0 spiro atoms. The van der Waals surface area contributed by atoms with Crippen LogP contribution >= 0.6 is 0 Å². The zero-order valence-electron chi connectivity index (χ0n) is 14.1. The van der Waals surface area contributed by atoms with Crippen molar-refractivity contribution in [2.45, 2.75) is 13.3 Å². The molecule has 2 aromatic rings. The van der Waals surface area contributed by atoms with E-state index in [2.05, 4.69) is 29.3 Å². The van der Waals surface area contributed by atoms with Crippen LogP contribution < -0.4 is 19.7 Å². The van der Waals surface area contributed by atoms with Gasteiger partial charge in [0.15, 0.2) is 11.5 Å². The monoisotopic (exact) mass is 336 g/mol. The van der Waals surface area contributed by atoms with E-state index in [1.807, 2.05) is 24.3 Å². The van der Waals surface area contributed by atoms with E-state index >= 15 is 0 Å². The van der Waals surface area contributed by atoms with Gasteiger partial charge in [0.1, 0.15) is 0 Å². The number of fused-ring (bicyclic) bond motifs is 2. The predicted molar refractivity (Wildman–Crippen MR) is 98.3 cm³/mol. The first-order valence-electron chi connectivity index (χ1n) is 8.49. The molecule has 0 fully saturated rings. The molecule has 0 aromatic heterocycles. The number of amides is 1. The van der Waals surface area contributed by atoms with Gasteiger partial charge in [-0.25, -0.2) is 0 Å². The minimum absolute atomic E-state index is 0.154. The maximum absolute atomic E-state index is 12.2. The Labute approximate surface area is 146 Å². The Kier molecular flexibility index (Phi) is 4.06. The number of nitrogens with one attached hydrogen (secondary N) is 1. The molecule has 2 aromatic carbocycles. The topological polar surface area (TPSA) is 50.8 Å². The van der Waals surface area contributed by atoms with Gasteiger partial charge < -0.3 is 19.7 Å². The van der Waals surface area contributed by atoms with E-state index in [1.54, 1.807) is 6.08 Å². The second-order valence-electron chi connectivity index (χ2n) is 6.11. The molecule has 0 unspecified atom stereocenters. The lowest BCUT2D eigenvalue weighted by Gasteiger charge is -2.17. The van der Waals surface area contributed by atoms with Crippen molar-refractivity contribution >= 4 is 23.4 Å². The molecule has 0 aliphatic carbocycles. The summed E-state index contributed by atoms with van der Waals surface area (Å²) in [5.74, 6) is 1.29. The highest BCUT2D eigenvalue weighted by Gasteiger charge is 2.18. The Balaban J connectivity index is 1.44. The fourth-order valence-electron chi connectivity index (χ4n) is 3.22. The first kappa shape index (κ1) is 15.6. The molecule has 2 aliphatic rings. The number of rotatable bonds is 4. The molecule has 0 saturated carbocycles. The van der Waals surface area contributed by atoms with E-state index < -0.39 is 0 Å². The third-order valence-corrected chi connectivity index (χ3v) is 4.55. The maximum atomic E-state index is 12.2. The summed E-state index contributed by atoms with van der Waals surface area (Å²) in [5, 5.41) is 2.93. The zero-order chi connectivity index (χ0) is 17.2. The number of anilines is 2. The summed E-state index contributed by atoms with van der Waals surface area (Å²) < 4.78 is 10.6. The molecule has 2 heterocycles. The Hall–Kier alpha value is -2.95. The molecule has 25 heavy (non-hydrogen) atoms. The van der Waals surface area contributed by atoms with Crippen LogP contribution in [0.3, 0.4) is 0 Å². The van der Waals surface area contributed by atoms with E-state index in [0.29, 0.717) is 5.75 Å². The first-order chi connectivity index (χ1) is 12.2. The fourth-order valence-corrected chi connectivity index (χ4v) is 3.22. The number of likely N-dealkylation sites (N-methyl/N-ethyl adjacent to an activating group) is 1. The van der Waals surface area contributed by atoms with Gasteiger partial charge in [0, 0.05) is 30.5 Å². The largest absolute Gasteiger partial charge is 0.454 e. The van der Waals surface area contributed by atoms with E-state index in [1.165, 1.54) is 17.3 Å². The van der Waals surface area contributed by atoms with E-state index in [4.69, 9.17) is 9.47 Å². The van der Waals surface area contributed by atoms with Crippen molar-refractivity contribution < 1.29 is 14.3 Å². The molecule has 0 saturated heterocycles. The van der Waals surface area contributed by atoms with Gasteiger partial charge in [0.25, 0.3) is 0 Å². The number of hydrogen-bond acceptors (Lipinski definition) is 4. The van der Waals surface area contributed by atoms with Crippen LogP contribution in [0.25, 0.3) is 6.08 Å².